The molecule has 0 amide bonds. The van der Waals surface area contributed by atoms with E-state index in [0.717, 1.165) is 17.2 Å². The van der Waals surface area contributed by atoms with Crippen molar-refractivity contribution in [1.29, 1.82) is 0 Å². The van der Waals surface area contributed by atoms with Gasteiger partial charge >= 0.3 is 0 Å². The molecule has 1 aliphatic carbocycles. The van der Waals surface area contributed by atoms with E-state index in [2.05, 4.69) is 17.4 Å². The Kier molecular flexibility index (Phi) is 3.95. The lowest BCUT2D eigenvalue weighted by Crippen LogP contribution is -2.10. The third-order valence-corrected chi connectivity index (χ3v) is 4.00. The molecule has 0 heterocycles. The molecule has 2 atom stereocenters. The van der Waals surface area contributed by atoms with Crippen LogP contribution in [-0.4, -0.2) is 13.1 Å². The van der Waals surface area contributed by atoms with Crippen LogP contribution in [0.25, 0.3) is 0 Å². The largest absolute Gasteiger partial charge is 0.489 e. The van der Waals surface area contributed by atoms with E-state index in [9.17, 15) is 0 Å². The molecule has 2 unspecified atom stereocenters. The van der Waals surface area contributed by atoms with Crippen LogP contribution in [0.2, 0.25) is 5.02 Å². The lowest BCUT2D eigenvalue weighted by molar-refractivity contribution is 0.303. The maximum Gasteiger partial charge on any atom is 0.123 e. The van der Waals surface area contributed by atoms with Gasteiger partial charge in [0.2, 0.25) is 0 Å². The lowest BCUT2D eigenvalue weighted by Gasteiger charge is -2.12. The molecule has 1 saturated carbocycles. The number of likely N-dealkylation sites (N-methyl/N-ethyl adjacent to an activating group) is 1. The summed E-state index contributed by atoms with van der Waals surface area (Å²) in [4.78, 5) is 0. The smallest absolute Gasteiger partial charge is 0.123 e. The molecule has 2 aromatic rings. The van der Waals surface area contributed by atoms with E-state index < -0.39 is 0 Å². The maximum absolute atomic E-state index is 6.12. The molecular weight excluding hydrogens is 270 g/mol. The average molecular weight is 288 g/mol. The second kappa shape index (κ2) is 5.86. The first kappa shape index (κ1) is 13.5. The van der Waals surface area contributed by atoms with Crippen LogP contribution >= 0.6 is 11.6 Å². The summed E-state index contributed by atoms with van der Waals surface area (Å²) in [6.07, 6.45) is 1.15. The van der Waals surface area contributed by atoms with Gasteiger partial charge in [-0.25, -0.2) is 0 Å². The van der Waals surface area contributed by atoms with Gasteiger partial charge in [-0.1, -0.05) is 41.9 Å². The Balaban J connectivity index is 1.76. The van der Waals surface area contributed by atoms with Crippen molar-refractivity contribution in [3.8, 4) is 5.75 Å². The summed E-state index contributed by atoms with van der Waals surface area (Å²) in [7, 11) is 2.00. The fraction of sp³-hybridized carbons (Fsp3) is 0.294. The van der Waals surface area contributed by atoms with Gasteiger partial charge < -0.3 is 10.1 Å². The van der Waals surface area contributed by atoms with E-state index in [4.69, 9.17) is 16.3 Å². The SMILES string of the molecule is CNC1CC1c1cc(Cl)ccc1OCc1ccccc1. The predicted molar refractivity (Wildman–Crippen MR) is 82.4 cm³/mol. The second-order valence-electron chi connectivity index (χ2n) is 5.19. The molecule has 0 aliphatic heterocycles. The molecule has 3 rings (SSSR count). The van der Waals surface area contributed by atoms with Crippen LogP contribution in [0.4, 0.5) is 0 Å². The number of rotatable bonds is 5. The highest BCUT2D eigenvalue weighted by molar-refractivity contribution is 6.30. The molecular formula is C17H18ClNO. The molecule has 104 valence electrons. The lowest BCUT2D eigenvalue weighted by atomic mass is 10.1. The van der Waals surface area contributed by atoms with Crippen LogP contribution in [0.3, 0.4) is 0 Å². The third-order valence-electron chi connectivity index (χ3n) is 3.77. The molecule has 1 N–H and O–H groups in total. The van der Waals surface area contributed by atoms with Crippen LogP contribution in [0.15, 0.2) is 48.5 Å². The molecule has 2 nitrogen and oxygen atoms in total. The first-order valence-electron chi connectivity index (χ1n) is 6.91. The van der Waals surface area contributed by atoms with Crippen molar-refractivity contribution in [2.24, 2.45) is 0 Å². The number of halogens is 1. The standard InChI is InChI=1S/C17H18ClNO/c1-19-16-10-14(16)15-9-13(18)7-8-17(15)20-11-12-5-3-2-4-6-12/h2-9,14,16,19H,10-11H2,1H3. The van der Waals surface area contributed by atoms with Crippen molar-refractivity contribution in [2.45, 2.75) is 25.0 Å². The summed E-state index contributed by atoms with van der Waals surface area (Å²) < 4.78 is 5.99. The molecule has 0 radical (unpaired) electrons. The van der Waals surface area contributed by atoms with Crippen LogP contribution in [0, 0.1) is 0 Å². The van der Waals surface area contributed by atoms with Gasteiger partial charge in [-0.3, -0.25) is 0 Å². The Bertz CT molecular complexity index is 585. The van der Waals surface area contributed by atoms with Crippen molar-refractivity contribution < 1.29 is 4.74 Å². The zero-order valence-corrected chi connectivity index (χ0v) is 12.2. The summed E-state index contributed by atoms with van der Waals surface area (Å²) in [6, 6.07) is 16.7. The molecule has 1 fully saturated rings. The third kappa shape index (κ3) is 2.97. The van der Waals surface area contributed by atoms with Gasteiger partial charge in [0.1, 0.15) is 12.4 Å². The summed E-state index contributed by atoms with van der Waals surface area (Å²) in [5, 5.41) is 4.08. The summed E-state index contributed by atoms with van der Waals surface area (Å²) in [6.45, 7) is 0.590. The fourth-order valence-corrected chi connectivity index (χ4v) is 2.71. The molecule has 1 aliphatic rings. The van der Waals surface area contributed by atoms with Gasteiger partial charge in [0.25, 0.3) is 0 Å². The molecule has 2 aromatic carbocycles. The zero-order valence-electron chi connectivity index (χ0n) is 11.5. The minimum atomic E-state index is 0.518. The number of hydrogen-bond donors (Lipinski definition) is 1. The van der Waals surface area contributed by atoms with E-state index in [-0.39, 0.29) is 0 Å². The van der Waals surface area contributed by atoms with Gasteiger partial charge in [-0.15, -0.1) is 0 Å². The zero-order chi connectivity index (χ0) is 13.9. The van der Waals surface area contributed by atoms with E-state index in [1.54, 1.807) is 0 Å². The fourth-order valence-electron chi connectivity index (χ4n) is 2.53. The monoisotopic (exact) mass is 287 g/mol. The van der Waals surface area contributed by atoms with Crippen molar-refractivity contribution >= 4 is 11.6 Å². The Morgan fingerprint density at radius 2 is 2.00 bits per heavy atom. The van der Waals surface area contributed by atoms with Crippen LogP contribution < -0.4 is 10.1 Å². The maximum atomic E-state index is 6.12. The van der Waals surface area contributed by atoms with Crippen LogP contribution in [0.1, 0.15) is 23.5 Å². The first-order chi connectivity index (χ1) is 9.78. The molecule has 20 heavy (non-hydrogen) atoms. The summed E-state index contributed by atoms with van der Waals surface area (Å²) in [5.41, 5.74) is 2.39. The Hall–Kier alpha value is -1.51. The highest BCUT2D eigenvalue weighted by Gasteiger charge is 2.38. The topological polar surface area (TPSA) is 21.3 Å². The Morgan fingerprint density at radius 1 is 1.20 bits per heavy atom. The van der Waals surface area contributed by atoms with Gasteiger partial charge in [-0.05, 0) is 37.2 Å². The highest BCUT2D eigenvalue weighted by atomic mass is 35.5. The molecule has 0 aromatic heterocycles. The van der Waals surface area contributed by atoms with Gasteiger partial charge in [0, 0.05) is 22.5 Å². The molecule has 3 heteroatoms. The first-order valence-corrected chi connectivity index (χ1v) is 7.29. The Labute approximate surface area is 124 Å². The number of ether oxygens (including phenoxy) is 1. The number of nitrogens with one attached hydrogen (secondary N) is 1. The van der Waals surface area contributed by atoms with Crippen molar-refractivity contribution in [2.75, 3.05) is 7.05 Å². The Morgan fingerprint density at radius 3 is 2.70 bits per heavy atom. The average Bonchev–Trinajstić information content (AvgIpc) is 3.26. The van der Waals surface area contributed by atoms with E-state index in [1.807, 2.05) is 43.4 Å². The molecule has 0 saturated heterocycles. The van der Waals surface area contributed by atoms with Gasteiger partial charge in [-0.2, -0.15) is 0 Å². The quantitative estimate of drug-likeness (QED) is 0.898. The summed E-state index contributed by atoms with van der Waals surface area (Å²) >= 11 is 6.12. The van der Waals surface area contributed by atoms with Crippen molar-refractivity contribution in [3.63, 3.8) is 0 Å². The van der Waals surface area contributed by atoms with E-state index in [0.29, 0.717) is 18.6 Å². The van der Waals surface area contributed by atoms with Crippen molar-refractivity contribution in [3.05, 3.63) is 64.7 Å². The van der Waals surface area contributed by atoms with Crippen LogP contribution in [-0.2, 0) is 6.61 Å². The van der Waals surface area contributed by atoms with Gasteiger partial charge in [0.05, 0.1) is 0 Å². The minimum absolute atomic E-state index is 0.518. The predicted octanol–water partition coefficient (Wildman–Crippen LogP) is 3.99. The van der Waals surface area contributed by atoms with Crippen LogP contribution in [0.5, 0.6) is 5.75 Å². The van der Waals surface area contributed by atoms with Gasteiger partial charge in [0.15, 0.2) is 0 Å². The molecule has 0 bridgehead atoms. The summed E-state index contributed by atoms with van der Waals surface area (Å²) in [5.74, 6) is 1.46. The highest BCUT2D eigenvalue weighted by Crippen LogP contribution is 2.45. The van der Waals surface area contributed by atoms with E-state index in [1.165, 1.54) is 11.1 Å². The number of hydrogen-bond acceptors (Lipinski definition) is 2. The second-order valence-corrected chi connectivity index (χ2v) is 5.63. The van der Waals surface area contributed by atoms with Crippen molar-refractivity contribution in [1.82, 2.24) is 5.32 Å². The normalized spacial score (nSPS) is 20.7. The molecule has 0 spiro atoms. The van der Waals surface area contributed by atoms with E-state index >= 15 is 0 Å². The minimum Gasteiger partial charge on any atom is -0.489 e. The number of benzene rings is 2.